The Labute approximate surface area is 166 Å². The summed E-state index contributed by atoms with van der Waals surface area (Å²) in [6.45, 7) is 2.97. The molecule has 2 aromatic heterocycles. The summed E-state index contributed by atoms with van der Waals surface area (Å²) < 4.78 is 20.3. The minimum Gasteiger partial charge on any atom is -0.435 e. The fourth-order valence-corrected chi connectivity index (χ4v) is 5.00. The highest BCUT2D eigenvalue weighted by atomic mass is 32.1. The summed E-state index contributed by atoms with van der Waals surface area (Å²) in [5, 5.41) is 1.27. The number of benzene rings is 2. The van der Waals surface area contributed by atoms with Gasteiger partial charge in [0.05, 0.1) is 34.5 Å². The molecule has 0 saturated carbocycles. The largest absolute Gasteiger partial charge is 0.435 e. The number of hydrogen-bond donors (Lipinski definition) is 1. The molecule has 0 radical (unpaired) electrons. The van der Waals surface area contributed by atoms with Crippen LogP contribution in [0.3, 0.4) is 0 Å². The van der Waals surface area contributed by atoms with Gasteiger partial charge in [-0.15, -0.1) is 11.3 Å². The highest BCUT2D eigenvalue weighted by Gasteiger charge is 2.27. The number of hydrogen-bond acceptors (Lipinski definition) is 4. The molecule has 3 heterocycles. The molecule has 0 unspecified atom stereocenters. The van der Waals surface area contributed by atoms with Crippen LogP contribution in [-0.2, 0) is 6.54 Å². The lowest BCUT2D eigenvalue weighted by atomic mass is 9.97. The van der Waals surface area contributed by atoms with E-state index < -0.39 is 0 Å². The maximum atomic E-state index is 13.1. The van der Waals surface area contributed by atoms with E-state index in [1.165, 1.54) is 26.7 Å². The number of para-hydroxylation sites is 1. The van der Waals surface area contributed by atoms with E-state index in [9.17, 15) is 4.39 Å². The Bertz CT molecular complexity index is 1050. The number of thiazole rings is 1. The van der Waals surface area contributed by atoms with Gasteiger partial charge in [-0.25, -0.2) is 14.4 Å². The van der Waals surface area contributed by atoms with Crippen molar-refractivity contribution in [3.8, 4) is 11.3 Å². The highest BCUT2D eigenvalue weighted by Crippen LogP contribution is 2.31. The van der Waals surface area contributed by atoms with Gasteiger partial charge in [0, 0.05) is 24.3 Å². The molecule has 0 bridgehead atoms. The predicted molar refractivity (Wildman–Crippen MR) is 108 cm³/mol. The molecule has 28 heavy (non-hydrogen) atoms. The average Bonchev–Trinajstić information content (AvgIpc) is 3.36. The number of piperidine rings is 1. The summed E-state index contributed by atoms with van der Waals surface area (Å²) >= 11 is 1.83. The van der Waals surface area contributed by atoms with E-state index >= 15 is 0 Å². The Morgan fingerprint density at radius 3 is 2.64 bits per heavy atom. The minimum atomic E-state index is -0.246. The monoisotopic (exact) mass is 394 g/mol. The van der Waals surface area contributed by atoms with Crippen LogP contribution in [0.5, 0.6) is 0 Å². The van der Waals surface area contributed by atoms with Crippen molar-refractivity contribution in [3.05, 3.63) is 71.4 Å². The Kier molecular flexibility index (Phi) is 4.66. The van der Waals surface area contributed by atoms with Gasteiger partial charge in [0.25, 0.3) is 5.89 Å². The second kappa shape index (κ2) is 7.45. The van der Waals surface area contributed by atoms with Crippen LogP contribution in [0, 0.1) is 5.82 Å². The summed E-state index contributed by atoms with van der Waals surface area (Å²) in [7, 11) is 0. The first kappa shape index (κ1) is 17.5. The molecule has 6 heteroatoms. The molecular weight excluding hydrogens is 373 g/mol. The van der Waals surface area contributed by atoms with Crippen molar-refractivity contribution in [2.45, 2.75) is 25.3 Å². The Morgan fingerprint density at radius 2 is 1.86 bits per heavy atom. The third-order valence-electron chi connectivity index (χ3n) is 5.44. The molecule has 1 fully saturated rings. The second-order valence-corrected chi connectivity index (χ2v) is 8.41. The molecule has 0 amide bonds. The van der Waals surface area contributed by atoms with Crippen LogP contribution in [0.2, 0.25) is 0 Å². The summed E-state index contributed by atoms with van der Waals surface area (Å²) in [5.74, 6) is 1.75. The van der Waals surface area contributed by atoms with Gasteiger partial charge in [-0.3, -0.25) is 0 Å². The molecule has 5 rings (SSSR count). The zero-order valence-electron chi connectivity index (χ0n) is 15.4. The number of aromatic nitrogens is 2. The van der Waals surface area contributed by atoms with E-state index in [-0.39, 0.29) is 5.82 Å². The van der Waals surface area contributed by atoms with E-state index in [1.54, 1.807) is 18.3 Å². The third-order valence-corrected chi connectivity index (χ3v) is 6.63. The maximum Gasteiger partial charge on any atom is 0.250 e. The van der Waals surface area contributed by atoms with Crippen LogP contribution in [-0.4, -0.2) is 23.1 Å². The summed E-state index contributed by atoms with van der Waals surface area (Å²) in [6, 6.07) is 14.7. The van der Waals surface area contributed by atoms with E-state index in [2.05, 4.69) is 29.2 Å². The fraction of sp³-hybridized carbons (Fsp3) is 0.273. The molecule has 4 aromatic rings. The SMILES string of the molecule is Fc1ccc(-c2cnc(C[NH+]3CCC(c4nc5ccccc5s4)CC3)o2)cc1. The predicted octanol–water partition coefficient (Wildman–Crippen LogP) is 4.05. The Balaban J connectivity index is 1.21. The lowest BCUT2D eigenvalue weighted by Crippen LogP contribution is -3.11. The van der Waals surface area contributed by atoms with E-state index in [1.807, 2.05) is 11.3 Å². The van der Waals surface area contributed by atoms with Crippen LogP contribution < -0.4 is 4.90 Å². The normalized spacial score (nSPS) is 19.9. The van der Waals surface area contributed by atoms with E-state index in [0.29, 0.717) is 11.7 Å². The van der Waals surface area contributed by atoms with Gasteiger partial charge in [-0.05, 0) is 36.4 Å². The van der Waals surface area contributed by atoms with Crippen LogP contribution in [0.15, 0.2) is 59.1 Å². The van der Waals surface area contributed by atoms with Gasteiger partial charge in [0.1, 0.15) is 5.82 Å². The number of rotatable bonds is 4. The van der Waals surface area contributed by atoms with Gasteiger partial charge in [-0.1, -0.05) is 12.1 Å². The van der Waals surface area contributed by atoms with Gasteiger partial charge in [0.15, 0.2) is 12.3 Å². The molecule has 1 aliphatic heterocycles. The molecule has 0 atom stereocenters. The number of nitrogens with zero attached hydrogens (tertiary/aromatic N) is 2. The van der Waals surface area contributed by atoms with Gasteiger partial charge in [-0.2, -0.15) is 0 Å². The summed E-state index contributed by atoms with van der Waals surface area (Å²) in [6.07, 6.45) is 4.01. The number of halogens is 1. The topological polar surface area (TPSA) is 43.4 Å². The standard InChI is InChI=1S/C22H20FN3OS/c23-17-7-5-15(6-8-17)19-13-24-21(27-19)14-26-11-9-16(10-12-26)22-25-18-3-1-2-4-20(18)28-22/h1-8,13,16H,9-12,14H2/p+1. The van der Waals surface area contributed by atoms with Gasteiger partial charge >= 0.3 is 0 Å². The molecule has 4 nitrogen and oxygen atoms in total. The van der Waals surface area contributed by atoms with E-state index in [0.717, 1.165) is 49.4 Å². The Morgan fingerprint density at radius 1 is 1.07 bits per heavy atom. The molecule has 142 valence electrons. The average molecular weight is 394 g/mol. The van der Waals surface area contributed by atoms with Gasteiger partial charge < -0.3 is 9.32 Å². The van der Waals surface area contributed by atoms with Crippen molar-refractivity contribution in [2.75, 3.05) is 13.1 Å². The smallest absolute Gasteiger partial charge is 0.250 e. The Hall–Kier alpha value is -2.57. The van der Waals surface area contributed by atoms with Crippen molar-refractivity contribution < 1.29 is 13.7 Å². The van der Waals surface area contributed by atoms with Crippen LogP contribution >= 0.6 is 11.3 Å². The lowest BCUT2D eigenvalue weighted by Gasteiger charge is -2.27. The van der Waals surface area contributed by atoms with Crippen LogP contribution in [0.25, 0.3) is 21.5 Å². The minimum absolute atomic E-state index is 0.246. The zero-order valence-corrected chi connectivity index (χ0v) is 16.2. The maximum absolute atomic E-state index is 13.1. The quantitative estimate of drug-likeness (QED) is 0.568. The molecule has 1 saturated heterocycles. The molecule has 1 N–H and O–H groups in total. The summed E-state index contributed by atoms with van der Waals surface area (Å²) in [5.41, 5.74) is 1.97. The summed E-state index contributed by atoms with van der Waals surface area (Å²) in [4.78, 5) is 10.8. The lowest BCUT2D eigenvalue weighted by molar-refractivity contribution is -0.920. The first-order chi connectivity index (χ1) is 13.7. The third kappa shape index (κ3) is 3.57. The van der Waals surface area contributed by atoms with Crippen molar-refractivity contribution in [1.82, 2.24) is 9.97 Å². The van der Waals surface area contributed by atoms with Crippen LogP contribution in [0.4, 0.5) is 4.39 Å². The fourth-order valence-electron chi connectivity index (χ4n) is 3.87. The number of oxazole rings is 1. The van der Waals surface area contributed by atoms with Crippen molar-refractivity contribution in [3.63, 3.8) is 0 Å². The van der Waals surface area contributed by atoms with E-state index in [4.69, 9.17) is 9.40 Å². The zero-order chi connectivity index (χ0) is 18.9. The number of fused-ring (bicyclic) bond motifs is 1. The number of likely N-dealkylation sites (tertiary alicyclic amines) is 1. The second-order valence-electron chi connectivity index (χ2n) is 7.35. The highest BCUT2D eigenvalue weighted by molar-refractivity contribution is 7.18. The number of nitrogens with one attached hydrogen (secondary N) is 1. The molecule has 0 spiro atoms. The first-order valence-electron chi connectivity index (χ1n) is 9.64. The van der Waals surface area contributed by atoms with Crippen molar-refractivity contribution >= 4 is 21.6 Å². The van der Waals surface area contributed by atoms with Crippen LogP contribution in [0.1, 0.15) is 29.7 Å². The van der Waals surface area contributed by atoms with Gasteiger partial charge in [0.2, 0.25) is 0 Å². The number of quaternary nitrogens is 1. The molecule has 1 aliphatic rings. The van der Waals surface area contributed by atoms with Crippen molar-refractivity contribution in [1.29, 1.82) is 0 Å². The molecule has 2 aromatic carbocycles. The molecular formula is C22H21FN3OS+. The molecule has 0 aliphatic carbocycles. The first-order valence-corrected chi connectivity index (χ1v) is 10.5. The van der Waals surface area contributed by atoms with Crippen molar-refractivity contribution in [2.24, 2.45) is 0 Å².